The summed E-state index contributed by atoms with van der Waals surface area (Å²) in [5, 5.41) is 3.05. The fraction of sp³-hybridized carbons (Fsp3) is 0.263. The SMILES string of the molecule is COc1ccc(Br)cc1[C@H]1N=C(N)Nc2nc3cc4c(cc3n21)OCCCO4. The maximum atomic E-state index is 6.06. The van der Waals surface area contributed by atoms with Crippen molar-refractivity contribution in [2.75, 3.05) is 25.6 Å². The number of rotatable bonds is 2. The van der Waals surface area contributed by atoms with Gasteiger partial charge in [0.05, 0.1) is 31.4 Å². The molecular formula is C19H18BrN5O3. The largest absolute Gasteiger partial charge is 0.496 e. The number of guanidine groups is 1. The van der Waals surface area contributed by atoms with Gasteiger partial charge in [0.15, 0.2) is 23.6 Å². The predicted octanol–water partition coefficient (Wildman–Crippen LogP) is 3.26. The molecule has 0 unspecified atom stereocenters. The van der Waals surface area contributed by atoms with Crippen molar-refractivity contribution in [3.05, 3.63) is 40.4 Å². The van der Waals surface area contributed by atoms with Crippen LogP contribution in [0.3, 0.4) is 0 Å². The van der Waals surface area contributed by atoms with Crippen LogP contribution in [0.4, 0.5) is 5.95 Å². The number of aromatic nitrogens is 2. The van der Waals surface area contributed by atoms with Gasteiger partial charge in [-0.25, -0.2) is 9.98 Å². The van der Waals surface area contributed by atoms with Gasteiger partial charge in [-0.15, -0.1) is 0 Å². The Balaban J connectivity index is 1.74. The number of imidazole rings is 1. The molecule has 2 aliphatic heterocycles. The lowest BCUT2D eigenvalue weighted by molar-refractivity contribution is 0.297. The molecule has 3 N–H and O–H groups in total. The zero-order valence-corrected chi connectivity index (χ0v) is 16.7. The van der Waals surface area contributed by atoms with Crippen LogP contribution in [0.25, 0.3) is 11.0 Å². The van der Waals surface area contributed by atoms with E-state index in [1.807, 2.05) is 34.9 Å². The fourth-order valence-electron chi connectivity index (χ4n) is 3.54. The number of nitrogens with zero attached hydrogens (tertiary/aromatic N) is 3. The first-order valence-electron chi connectivity index (χ1n) is 8.89. The molecule has 0 saturated heterocycles. The molecule has 0 saturated carbocycles. The van der Waals surface area contributed by atoms with E-state index in [9.17, 15) is 0 Å². The number of nitrogens with one attached hydrogen (secondary N) is 1. The van der Waals surface area contributed by atoms with E-state index in [0.29, 0.717) is 42.4 Å². The first kappa shape index (κ1) is 17.2. The Kier molecular flexibility index (Phi) is 4.04. The van der Waals surface area contributed by atoms with Gasteiger partial charge in [0.1, 0.15) is 5.75 Å². The summed E-state index contributed by atoms with van der Waals surface area (Å²) in [5.74, 6) is 3.02. The third kappa shape index (κ3) is 2.73. The second-order valence-corrected chi connectivity index (χ2v) is 7.46. The second kappa shape index (κ2) is 6.59. The average Bonchev–Trinajstić information content (AvgIpc) is 2.87. The number of anilines is 1. The minimum absolute atomic E-state index is 0.295. The van der Waals surface area contributed by atoms with E-state index in [-0.39, 0.29) is 0 Å². The number of fused-ring (bicyclic) bond motifs is 4. The van der Waals surface area contributed by atoms with Gasteiger partial charge in [0, 0.05) is 28.6 Å². The maximum Gasteiger partial charge on any atom is 0.212 e. The van der Waals surface area contributed by atoms with Crippen LogP contribution in [0.1, 0.15) is 18.2 Å². The molecule has 0 fully saturated rings. The quantitative estimate of drug-likeness (QED) is 0.630. The van der Waals surface area contributed by atoms with Crippen LogP contribution in [-0.4, -0.2) is 35.8 Å². The molecule has 2 aliphatic rings. The van der Waals surface area contributed by atoms with Crippen LogP contribution in [0.2, 0.25) is 0 Å². The number of methoxy groups -OCH3 is 1. The van der Waals surface area contributed by atoms with E-state index < -0.39 is 6.17 Å². The van der Waals surface area contributed by atoms with Crippen LogP contribution in [0.15, 0.2) is 39.8 Å². The minimum Gasteiger partial charge on any atom is -0.496 e. The van der Waals surface area contributed by atoms with Crippen LogP contribution >= 0.6 is 15.9 Å². The highest BCUT2D eigenvalue weighted by Gasteiger charge is 2.29. The summed E-state index contributed by atoms with van der Waals surface area (Å²) in [4.78, 5) is 9.33. The molecule has 0 aliphatic carbocycles. The van der Waals surface area contributed by atoms with Crippen LogP contribution in [0, 0.1) is 0 Å². The van der Waals surface area contributed by atoms with Gasteiger partial charge in [-0.3, -0.25) is 9.88 Å². The van der Waals surface area contributed by atoms with Crippen LogP contribution < -0.4 is 25.3 Å². The number of hydrogen-bond donors (Lipinski definition) is 2. The summed E-state index contributed by atoms with van der Waals surface area (Å²) in [6.45, 7) is 1.24. The fourth-order valence-corrected chi connectivity index (χ4v) is 3.92. The number of nitrogens with two attached hydrogens (primary N) is 1. The lowest BCUT2D eigenvalue weighted by Crippen LogP contribution is -2.31. The predicted molar refractivity (Wildman–Crippen MR) is 109 cm³/mol. The van der Waals surface area contributed by atoms with E-state index in [0.717, 1.165) is 27.5 Å². The molecule has 0 amide bonds. The van der Waals surface area contributed by atoms with Crippen molar-refractivity contribution in [2.24, 2.45) is 10.7 Å². The minimum atomic E-state index is -0.432. The highest BCUT2D eigenvalue weighted by Crippen LogP contribution is 2.41. The van der Waals surface area contributed by atoms with Crippen molar-refractivity contribution >= 4 is 38.9 Å². The van der Waals surface area contributed by atoms with Crippen LogP contribution in [0.5, 0.6) is 17.2 Å². The Morgan fingerprint density at radius 2 is 2.00 bits per heavy atom. The van der Waals surface area contributed by atoms with Gasteiger partial charge in [0.25, 0.3) is 0 Å². The Morgan fingerprint density at radius 3 is 2.79 bits per heavy atom. The van der Waals surface area contributed by atoms with Crippen molar-refractivity contribution in [3.63, 3.8) is 0 Å². The Morgan fingerprint density at radius 1 is 1.21 bits per heavy atom. The van der Waals surface area contributed by atoms with Gasteiger partial charge in [0.2, 0.25) is 5.95 Å². The van der Waals surface area contributed by atoms with Crippen molar-refractivity contribution in [2.45, 2.75) is 12.6 Å². The summed E-state index contributed by atoms with van der Waals surface area (Å²) in [6, 6.07) is 9.64. The van der Waals surface area contributed by atoms with Crippen molar-refractivity contribution in [1.29, 1.82) is 0 Å². The molecule has 144 valence electrons. The first-order chi connectivity index (χ1) is 13.6. The molecule has 3 aromatic rings. The molecule has 9 heteroatoms. The molecule has 5 rings (SSSR count). The number of hydrogen-bond acceptors (Lipinski definition) is 7. The maximum absolute atomic E-state index is 6.06. The van der Waals surface area contributed by atoms with E-state index in [4.69, 9.17) is 24.9 Å². The summed E-state index contributed by atoms with van der Waals surface area (Å²) in [6.07, 6.45) is 0.413. The molecule has 3 heterocycles. The summed E-state index contributed by atoms with van der Waals surface area (Å²) >= 11 is 3.53. The standard InChI is InChI=1S/C19H18BrN5O3/c1-26-14-4-3-10(20)7-11(14)17-23-18(21)24-19-22-12-8-15-16(9-13(12)25(17)19)28-6-2-5-27-15/h3-4,7-9,17H,2,5-6H2,1H3,(H3,21,22,23,24)/t17-/m0/s1. The van der Waals surface area contributed by atoms with Crippen molar-refractivity contribution < 1.29 is 14.2 Å². The first-order valence-corrected chi connectivity index (χ1v) is 9.68. The summed E-state index contributed by atoms with van der Waals surface area (Å²) in [7, 11) is 1.64. The zero-order valence-electron chi connectivity index (χ0n) is 15.1. The van der Waals surface area contributed by atoms with Crippen LogP contribution in [-0.2, 0) is 0 Å². The molecule has 0 spiro atoms. The Labute approximate surface area is 169 Å². The summed E-state index contributed by atoms with van der Waals surface area (Å²) < 4.78 is 20.1. The molecule has 1 aromatic heterocycles. The van der Waals surface area contributed by atoms with Gasteiger partial charge in [-0.2, -0.15) is 0 Å². The van der Waals surface area contributed by atoms with E-state index in [2.05, 4.69) is 26.2 Å². The Bertz CT molecular complexity index is 1110. The van der Waals surface area contributed by atoms with E-state index in [1.54, 1.807) is 7.11 Å². The summed E-state index contributed by atoms with van der Waals surface area (Å²) in [5.41, 5.74) is 8.57. The lowest BCUT2D eigenvalue weighted by Gasteiger charge is -2.25. The molecule has 0 radical (unpaired) electrons. The smallest absolute Gasteiger partial charge is 0.212 e. The third-order valence-corrected chi connectivity index (χ3v) is 5.27. The van der Waals surface area contributed by atoms with Crippen molar-refractivity contribution in [1.82, 2.24) is 9.55 Å². The highest BCUT2D eigenvalue weighted by atomic mass is 79.9. The normalized spacial score (nSPS) is 18.1. The van der Waals surface area contributed by atoms with Gasteiger partial charge in [-0.05, 0) is 18.2 Å². The molecule has 8 nitrogen and oxygen atoms in total. The molecule has 0 bridgehead atoms. The van der Waals surface area contributed by atoms with Gasteiger partial charge in [-0.1, -0.05) is 15.9 Å². The molecule has 1 atom stereocenters. The average molecular weight is 444 g/mol. The molecule has 2 aromatic carbocycles. The second-order valence-electron chi connectivity index (χ2n) is 6.54. The third-order valence-electron chi connectivity index (χ3n) is 4.77. The molecular weight excluding hydrogens is 426 g/mol. The number of halogens is 1. The lowest BCUT2D eigenvalue weighted by atomic mass is 10.1. The van der Waals surface area contributed by atoms with E-state index >= 15 is 0 Å². The van der Waals surface area contributed by atoms with Crippen molar-refractivity contribution in [3.8, 4) is 17.2 Å². The monoisotopic (exact) mass is 443 g/mol. The number of ether oxygens (including phenoxy) is 3. The van der Waals surface area contributed by atoms with E-state index in [1.165, 1.54) is 0 Å². The molecule has 28 heavy (non-hydrogen) atoms. The van der Waals surface area contributed by atoms with Gasteiger partial charge < -0.3 is 19.9 Å². The number of benzene rings is 2. The zero-order chi connectivity index (χ0) is 19.3. The highest BCUT2D eigenvalue weighted by molar-refractivity contribution is 9.10. The van der Waals surface area contributed by atoms with Gasteiger partial charge >= 0.3 is 0 Å². The Hall–Kier alpha value is -2.94. The topological polar surface area (TPSA) is 95.9 Å². The number of aliphatic imine (C=N–C) groups is 1.